The number of halogens is 2. The van der Waals surface area contributed by atoms with E-state index in [1.165, 1.54) is 16.7 Å². The van der Waals surface area contributed by atoms with Gasteiger partial charge in [0.25, 0.3) is 0 Å². The summed E-state index contributed by atoms with van der Waals surface area (Å²) in [6, 6.07) is 32.7. The van der Waals surface area contributed by atoms with Gasteiger partial charge < -0.3 is 0 Å². The van der Waals surface area contributed by atoms with Gasteiger partial charge in [-0.15, -0.1) is 0 Å². The molecule has 0 N–H and O–H groups in total. The Bertz CT molecular complexity index is 754. The van der Waals surface area contributed by atoms with Crippen LogP contribution in [-0.4, -0.2) is 54.0 Å². The molecule has 0 unspecified atom stereocenters. The Morgan fingerprint density at radius 2 is 0.667 bits per heavy atom. The van der Waals surface area contributed by atoms with Crippen molar-refractivity contribution in [3.05, 3.63) is 108 Å². The summed E-state index contributed by atoms with van der Waals surface area (Å²) in [5, 5.41) is 0. The van der Waals surface area contributed by atoms with Crippen LogP contribution in [0.5, 0.6) is 0 Å². The van der Waals surface area contributed by atoms with Gasteiger partial charge in [0.15, 0.2) is 0 Å². The summed E-state index contributed by atoms with van der Waals surface area (Å²) >= 11 is 0.757. The minimum atomic E-state index is 0.757. The van der Waals surface area contributed by atoms with Crippen LogP contribution in [0.1, 0.15) is 16.7 Å². The molecule has 3 nitrogen and oxygen atoms in total. The Morgan fingerprint density at radius 3 is 0.879 bits per heavy atom. The molecule has 0 saturated carbocycles. The van der Waals surface area contributed by atoms with Gasteiger partial charge >= 0.3 is 33.3 Å². The van der Waals surface area contributed by atoms with Crippen LogP contribution >= 0.6 is 20.2 Å². The van der Waals surface area contributed by atoms with Gasteiger partial charge in [0, 0.05) is 58.9 Å². The van der Waals surface area contributed by atoms with Crippen LogP contribution in [0.4, 0.5) is 0 Å². The maximum Gasteiger partial charge on any atom is 0.0234 e. The Hall–Kier alpha value is -1.36. The van der Waals surface area contributed by atoms with Gasteiger partial charge in [-0.3, -0.25) is 14.7 Å². The number of hydrogen-bond acceptors (Lipinski definition) is 3. The molecule has 3 aromatic rings. The molecule has 1 saturated heterocycles. The van der Waals surface area contributed by atoms with Crippen molar-refractivity contribution in [3.63, 3.8) is 0 Å². The van der Waals surface area contributed by atoms with Gasteiger partial charge in [0.05, 0.1) is 0 Å². The normalized spacial score (nSPS) is 16.3. The Kier molecular flexibility index (Phi) is 12.3. The molecule has 1 aliphatic rings. The van der Waals surface area contributed by atoms with Crippen molar-refractivity contribution in [2.45, 2.75) is 19.6 Å². The van der Waals surface area contributed by atoms with Crippen molar-refractivity contribution in [3.8, 4) is 0 Å². The fourth-order valence-electron chi connectivity index (χ4n) is 4.18. The molecule has 1 heterocycles. The first-order valence-electron chi connectivity index (χ1n) is 11.4. The number of hydrogen-bond donors (Lipinski definition) is 0. The van der Waals surface area contributed by atoms with Gasteiger partial charge in [0.1, 0.15) is 0 Å². The first-order chi connectivity index (χ1) is 16.3. The van der Waals surface area contributed by atoms with Crippen LogP contribution in [-0.2, 0) is 32.8 Å². The van der Waals surface area contributed by atoms with Gasteiger partial charge in [-0.05, 0) is 16.7 Å². The fraction of sp³-hybridized carbons (Fsp3) is 0.333. The standard InChI is InChI=1S/C27H33N3.2ClH.Cu/c1-4-10-25(11-5-1)22-28-16-18-29(23-26-12-6-2-7-13-26)20-21-30(19-17-28)24-27-14-8-3-9-15-27;;;/h1-15H,16-24H2;2*1H;/q;;;+2/p-2. The molecular weight excluding hydrogens is 501 g/mol. The smallest absolute Gasteiger partial charge is 0.0234 e. The number of rotatable bonds is 6. The van der Waals surface area contributed by atoms with Gasteiger partial charge in [-0.1, -0.05) is 91.0 Å². The quantitative estimate of drug-likeness (QED) is 0.366. The molecule has 0 bridgehead atoms. The van der Waals surface area contributed by atoms with E-state index in [9.17, 15) is 0 Å². The maximum atomic E-state index is 4.67. The molecule has 0 atom stereocenters. The molecule has 0 spiro atoms. The average Bonchev–Trinajstić information content (AvgIpc) is 2.94. The van der Waals surface area contributed by atoms with Crippen molar-refractivity contribution < 1.29 is 13.1 Å². The van der Waals surface area contributed by atoms with Gasteiger partial charge in [-0.2, -0.15) is 0 Å². The third-order valence-electron chi connectivity index (χ3n) is 5.94. The van der Waals surface area contributed by atoms with Crippen molar-refractivity contribution in [1.29, 1.82) is 0 Å². The Labute approximate surface area is 213 Å². The minimum Gasteiger partial charge on any atom is -0.297 e. The van der Waals surface area contributed by atoms with E-state index in [4.69, 9.17) is 0 Å². The van der Waals surface area contributed by atoms with Crippen LogP contribution in [0.25, 0.3) is 0 Å². The van der Waals surface area contributed by atoms with Crippen LogP contribution in [0.2, 0.25) is 0 Å². The van der Waals surface area contributed by atoms with E-state index in [-0.39, 0.29) is 0 Å². The van der Waals surface area contributed by atoms with Crippen LogP contribution < -0.4 is 0 Å². The zero-order valence-electron chi connectivity index (χ0n) is 18.9. The van der Waals surface area contributed by atoms with Crippen molar-refractivity contribution in [2.75, 3.05) is 39.3 Å². The predicted octanol–water partition coefficient (Wildman–Crippen LogP) is 5.88. The molecular formula is C27H33Cl2CuN3. The summed E-state index contributed by atoms with van der Waals surface area (Å²) in [4.78, 5) is 7.86. The number of nitrogens with zero attached hydrogens (tertiary/aromatic N) is 3. The zero-order chi connectivity index (χ0) is 23.1. The molecule has 4 rings (SSSR count). The molecule has 181 valence electrons. The second kappa shape index (κ2) is 15.5. The van der Waals surface area contributed by atoms with Crippen molar-refractivity contribution in [2.24, 2.45) is 0 Å². The van der Waals surface area contributed by atoms with E-state index in [2.05, 4.69) is 126 Å². The van der Waals surface area contributed by atoms with Crippen LogP contribution in [0.3, 0.4) is 0 Å². The molecule has 1 aliphatic heterocycles. The third-order valence-corrected chi connectivity index (χ3v) is 5.94. The molecule has 0 radical (unpaired) electrons. The number of benzene rings is 3. The molecule has 0 amide bonds. The molecule has 0 aliphatic carbocycles. The zero-order valence-corrected chi connectivity index (χ0v) is 21.4. The second-order valence-electron chi connectivity index (χ2n) is 8.33. The van der Waals surface area contributed by atoms with Crippen LogP contribution in [0, 0.1) is 0 Å². The maximum absolute atomic E-state index is 4.67. The SMILES string of the molecule is [Cl][Cu][Cl].c1ccc(CN2CCN(Cc3ccccc3)CCN(Cc3ccccc3)CC2)cc1. The summed E-state index contributed by atoms with van der Waals surface area (Å²) in [5.41, 5.74) is 4.21. The Balaban J connectivity index is 0.000000968. The van der Waals surface area contributed by atoms with E-state index < -0.39 is 0 Å². The first kappa shape index (κ1) is 26.2. The molecule has 6 heteroatoms. The fourth-order valence-corrected chi connectivity index (χ4v) is 4.18. The summed E-state index contributed by atoms with van der Waals surface area (Å²) in [6.07, 6.45) is 0. The van der Waals surface area contributed by atoms with Gasteiger partial charge in [0.2, 0.25) is 0 Å². The topological polar surface area (TPSA) is 9.72 Å². The van der Waals surface area contributed by atoms with E-state index >= 15 is 0 Å². The molecule has 0 aromatic heterocycles. The van der Waals surface area contributed by atoms with Crippen LogP contribution in [0.15, 0.2) is 91.0 Å². The van der Waals surface area contributed by atoms with E-state index in [1.807, 2.05) is 0 Å². The third kappa shape index (κ3) is 10.2. The average molecular weight is 534 g/mol. The summed E-state index contributed by atoms with van der Waals surface area (Å²) in [7, 11) is 9.34. The van der Waals surface area contributed by atoms with Crippen molar-refractivity contribution in [1.82, 2.24) is 14.7 Å². The van der Waals surface area contributed by atoms with E-state index in [0.29, 0.717) is 0 Å². The van der Waals surface area contributed by atoms with E-state index in [1.54, 1.807) is 0 Å². The minimum absolute atomic E-state index is 0.757. The summed E-state index contributed by atoms with van der Waals surface area (Å²) < 4.78 is 0. The monoisotopic (exact) mass is 532 g/mol. The Morgan fingerprint density at radius 1 is 0.455 bits per heavy atom. The predicted molar refractivity (Wildman–Crippen MR) is 137 cm³/mol. The second-order valence-corrected chi connectivity index (χ2v) is 9.88. The summed E-state index contributed by atoms with van der Waals surface area (Å²) in [6.45, 7) is 9.75. The van der Waals surface area contributed by atoms with Crippen molar-refractivity contribution >= 4 is 20.2 Å². The largest absolute Gasteiger partial charge is 0.297 e. The molecule has 1 fully saturated rings. The summed E-state index contributed by atoms with van der Waals surface area (Å²) in [5.74, 6) is 0. The molecule has 3 aromatic carbocycles. The van der Waals surface area contributed by atoms with Gasteiger partial charge in [-0.25, -0.2) is 0 Å². The molecule has 33 heavy (non-hydrogen) atoms. The van der Waals surface area contributed by atoms with E-state index in [0.717, 1.165) is 72.0 Å². The first-order valence-corrected chi connectivity index (χ1v) is 14.0.